The lowest BCUT2D eigenvalue weighted by molar-refractivity contribution is 0.0709. The Hall–Kier alpha value is -2.93. The van der Waals surface area contributed by atoms with Gasteiger partial charge in [-0.25, -0.2) is 8.42 Å². The molecule has 0 aliphatic carbocycles. The molecule has 0 radical (unpaired) electrons. The van der Waals surface area contributed by atoms with E-state index in [2.05, 4.69) is 0 Å². The van der Waals surface area contributed by atoms with Crippen LogP contribution in [0.25, 0.3) is 11.3 Å². The standard InChI is InChI=1S/C24H27N3O3S/c1-3-27(21-13-14-31(29,30)17-21)24(28)22-16-26(15-19-7-5-4-6-8-19)25-23(22)20-11-9-18(2)10-12-20/h4-12,16,21H,3,13-15,17H2,1-2H3/t21-/m1/s1. The molecule has 1 aliphatic rings. The minimum Gasteiger partial charge on any atom is -0.335 e. The number of sulfone groups is 1. The molecule has 7 heteroatoms. The van der Waals surface area contributed by atoms with Gasteiger partial charge in [0, 0.05) is 24.3 Å². The van der Waals surface area contributed by atoms with E-state index in [1.54, 1.807) is 15.8 Å². The summed E-state index contributed by atoms with van der Waals surface area (Å²) in [6.45, 7) is 4.92. The van der Waals surface area contributed by atoms with Crippen molar-refractivity contribution < 1.29 is 13.2 Å². The molecule has 1 fully saturated rings. The number of hydrogen-bond acceptors (Lipinski definition) is 4. The normalized spacial score (nSPS) is 17.5. The SMILES string of the molecule is CCN(C(=O)c1cn(Cc2ccccc2)nc1-c1ccc(C)cc1)[C@@H]1CCS(=O)(=O)C1. The summed E-state index contributed by atoms with van der Waals surface area (Å²) in [5, 5.41) is 4.75. The van der Waals surface area contributed by atoms with Crippen LogP contribution in [0.15, 0.2) is 60.8 Å². The quantitative estimate of drug-likeness (QED) is 0.591. The number of aromatic nitrogens is 2. The van der Waals surface area contributed by atoms with Gasteiger partial charge in [-0.2, -0.15) is 5.10 Å². The molecular weight excluding hydrogens is 410 g/mol. The van der Waals surface area contributed by atoms with Gasteiger partial charge in [-0.05, 0) is 25.8 Å². The van der Waals surface area contributed by atoms with Crippen molar-refractivity contribution in [2.75, 3.05) is 18.1 Å². The second-order valence-corrected chi connectivity index (χ2v) is 10.3. The number of carbonyl (C=O) groups excluding carboxylic acids is 1. The Morgan fingerprint density at radius 3 is 2.45 bits per heavy atom. The molecule has 1 saturated heterocycles. The molecule has 0 saturated carbocycles. The van der Waals surface area contributed by atoms with Crippen LogP contribution in [0.1, 0.15) is 34.8 Å². The van der Waals surface area contributed by atoms with Crippen molar-refractivity contribution in [1.29, 1.82) is 0 Å². The van der Waals surface area contributed by atoms with Gasteiger partial charge in [0.25, 0.3) is 5.91 Å². The van der Waals surface area contributed by atoms with E-state index < -0.39 is 9.84 Å². The van der Waals surface area contributed by atoms with Gasteiger partial charge in [0.15, 0.2) is 9.84 Å². The van der Waals surface area contributed by atoms with Gasteiger partial charge in [-0.15, -0.1) is 0 Å². The molecule has 1 atom stereocenters. The van der Waals surface area contributed by atoms with Crippen LogP contribution < -0.4 is 0 Å². The van der Waals surface area contributed by atoms with Crippen LogP contribution in [0.3, 0.4) is 0 Å². The first kappa shape index (κ1) is 21.3. The van der Waals surface area contributed by atoms with Gasteiger partial charge < -0.3 is 4.90 Å². The zero-order valence-corrected chi connectivity index (χ0v) is 18.7. The van der Waals surface area contributed by atoms with Crippen LogP contribution >= 0.6 is 0 Å². The zero-order chi connectivity index (χ0) is 22.0. The highest BCUT2D eigenvalue weighted by Crippen LogP contribution is 2.27. The lowest BCUT2D eigenvalue weighted by Gasteiger charge is -2.26. The second kappa shape index (κ2) is 8.67. The molecule has 0 N–H and O–H groups in total. The van der Waals surface area contributed by atoms with Crippen molar-refractivity contribution in [2.24, 2.45) is 0 Å². The molecular formula is C24H27N3O3S. The lowest BCUT2D eigenvalue weighted by Crippen LogP contribution is -2.41. The molecule has 31 heavy (non-hydrogen) atoms. The zero-order valence-electron chi connectivity index (χ0n) is 17.9. The monoisotopic (exact) mass is 437 g/mol. The maximum Gasteiger partial charge on any atom is 0.257 e. The molecule has 0 unspecified atom stereocenters. The van der Waals surface area contributed by atoms with E-state index in [1.807, 2.05) is 68.4 Å². The Balaban J connectivity index is 1.71. The number of aryl methyl sites for hydroxylation is 1. The number of hydrogen-bond donors (Lipinski definition) is 0. The van der Waals surface area contributed by atoms with Crippen LogP contribution in [0.2, 0.25) is 0 Å². The molecule has 4 rings (SSSR count). The molecule has 0 spiro atoms. The Bertz CT molecular complexity index is 1170. The lowest BCUT2D eigenvalue weighted by atomic mass is 10.0. The third-order valence-electron chi connectivity index (χ3n) is 5.76. The van der Waals surface area contributed by atoms with E-state index in [4.69, 9.17) is 5.10 Å². The highest BCUT2D eigenvalue weighted by atomic mass is 32.2. The number of amides is 1. The molecule has 1 amide bonds. The van der Waals surface area contributed by atoms with Gasteiger partial charge in [0.05, 0.1) is 23.6 Å². The maximum atomic E-state index is 13.6. The number of nitrogens with zero attached hydrogens (tertiary/aromatic N) is 3. The van der Waals surface area contributed by atoms with E-state index in [0.29, 0.717) is 30.8 Å². The minimum absolute atomic E-state index is 0.0323. The van der Waals surface area contributed by atoms with Crippen LogP contribution in [0.5, 0.6) is 0 Å². The largest absolute Gasteiger partial charge is 0.335 e. The molecule has 1 aliphatic heterocycles. The molecule has 1 aromatic heterocycles. The van der Waals surface area contributed by atoms with E-state index >= 15 is 0 Å². The molecule has 6 nitrogen and oxygen atoms in total. The third kappa shape index (κ3) is 4.71. The minimum atomic E-state index is -3.08. The second-order valence-electron chi connectivity index (χ2n) is 8.09. The Morgan fingerprint density at radius 2 is 1.84 bits per heavy atom. The van der Waals surface area contributed by atoms with Gasteiger partial charge >= 0.3 is 0 Å². The smallest absolute Gasteiger partial charge is 0.257 e. The number of rotatable bonds is 6. The Kier molecular flexibility index (Phi) is 5.96. The summed E-state index contributed by atoms with van der Waals surface area (Å²) in [5.74, 6) is 0.00362. The van der Waals surface area contributed by atoms with Crippen molar-refractivity contribution >= 4 is 15.7 Å². The van der Waals surface area contributed by atoms with Crippen molar-refractivity contribution in [2.45, 2.75) is 32.9 Å². The fourth-order valence-electron chi connectivity index (χ4n) is 4.10. The van der Waals surface area contributed by atoms with Gasteiger partial charge in [0.2, 0.25) is 0 Å². The van der Waals surface area contributed by atoms with Crippen LogP contribution in [0, 0.1) is 6.92 Å². The maximum absolute atomic E-state index is 13.6. The third-order valence-corrected chi connectivity index (χ3v) is 7.51. The van der Waals surface area contributed by atoms with E-state index in [0.717, 1.165) is 16.7 Å². The summed E-state index contributed by atoms with van der Waals surface area (Å²) in [5.41, 5.74) is 4.22. The van der Waals surface area contributed by atoms with Crippen molar-refractivity contribution in [3.05, 3.63) is 77.5 Å². The average molecular weight is 438 g/mol. The average Bonchev–Trinajstić information content (AvgIpc) is 3.33. The first-order valence-corrected chi connectivity index (χ1v) is 12.4. The molecule has 162 valence electrons. The summed E-state index contributed by atoms with van der Waals surface area (Å²) in [6, 6.07) is 17.6. The Morgan fingerprint density at radius 1 is 1.13 bits per heavy atom. The van der Waals surface area contributed by atoms with E-state index in [1.165, 1.54) is 0 Å². The van der Waals surface area contributed by atoms with Crippen molar-refractivity contribution in [1.82, 2.24) is 14.7 Å². The summed E-state index contributed by atoms with van der Waals surface area (Å²) >= 11 is 0. The van der Waals surface area contributed by atoms with Crippen LogP contribution in [-0.2, 0) is 16.4 Å². The molecule has 2 aromatic carbocycles. The van der Waals surface area contributed by atoms with Gasteiger partial charge in [0.1, 0.15) is 5.69 Å². The number of benzene rings is 2. The van der Waals surface area contributed by atoms with Crippen molar-refractivity contribution in [3.63, 3.8) is 0 Å². The predicted octanol–water partition coefficient (Wildman–Crippen LogP) is 3.56. The fraction of sp³-hybridized carbons (Fsp3) is 0.333. The fourth-order valence-corrected chi connectivity index (χ4v) is 5.83. The molecule has 3 aromatic rings. The van der Waals surface area contributed by atoms with Gasteiger partial charge in [-0.3, -0.25) is 9.48 Å². The summed E-state index contributed by atoms with van der Waals surface area (Å²) in [4.78, 5) is 15.3. The Labute approximate surface area is 183 Å². The molecule has 2 heterocycles. The first-order chi connectivity index (χ1) is 14.9. The van der Waals surface area contributed by atoms with E-state index in [9.17, 15) is 13.2 Å². The van der Waals surface area contributed by atoms with E-state index in [-0.39, 0.29) is 23.5 Å². The first-order valence-electron chi connectivity index (χ1n) is 10.6. The summed E-state index contributed by atoms with van der Waals surface area (Å²) in [6.07, 6.45) is 2.27. The highest BCUT2D eigenvalue weighted by Gasteiger charge is 2.35. The van der Waals surface area contributed by atoms with Crippen LogP contribution in [-0.4, -0.2) is 53.1 Å². The van der Waals surface area contributed by atoms with Crippen LogP contribution in [0.4, 0.5) is 0 Å². The predicted molar refractivity (Wildman–Crippen MR) is 122 cm³/mol. The summed E-state index contributed by atoms with van der Waals surface area (Å²) in [7, 11) is -3.08. The highest BCUT2D eigenvalue weighted by molar-refractivity contribution is 7.91. The van der Waals surface area contributed by atoms with Crippen molar-refractivity contribution in [3.8, 4) is 11.3 Å². The summed E-state index contributed by atoms with van der Waals surface area (Å²) < 4.78 is 25.8. The number of carbonyl (C=O) groups is 1. The topological polar surface area (TPSA) is 72.3 Å². The van der Waals surface area contributed by atoms with Gasteiger partial charge in [-0.1, -0.05) is 60.2 Å². The molecule has 0 bridgehead atoms.